The third kappa shape index (κ3) is 2.84. The highest BCUT2D eigenvalue weighted by molar-refractivity contribution is 7.19. The Hall–Kier alpha value is -2.95. The van der Waals surface area contributed by atoms with Crippen LogP contribution in [0.1, 0.15) is 40.3 Å². The molecule has 4 unspecified atom stereocenters. The second-order valence-corrected chi connectivity index (χ2v) is 11.6. The van der Waals surface area contributed by atoms with Crippen molar-refractivity contribution in [3.05, 3.63) is 106 Å². The molecule has 3 nitrogen and oxygen atoms in total. The Labute approximate surface area is 210 Å². The van der Waals surface area contributed by atoms with Crippen LogP contribution in [-0.2, 0) is 21.5 Å². The van der Waals surface area contributed by atoms with Crippen LogP contribution >= 0.6 is 11.3 Å². The van der Waals surface area contributed by atoms with Gasteiger partial charge in [-0.15, -0.1) is 11.3 Å². The molecular formula is C31H29NO2S. The van der Waals surface area contributed by atoms with Crippen molar-refractivity contribution >= 4 is 27.4 Å². The van der Waals surface area contributed by atoms with Crippen molar-refractivity contribution in [1.29, 1.82) is 0 Å². The molecule has 1 aliphatic heterocycles. The third-order valence-corrected chi connectivity index (χ3v) is 10.4. The van der Waals surface area contributed by atoms with Crippen LogP contribution in [0.25, 0.3) is 10.1 Å². The van der Waals surface area contributed by atoms with Gasteiger partial charge in [-0.05, 0) is 47.1 Å². The standard InChI is InChI=1S/C31H29NO2S/c1-34-29(33)31-20-32(18-21-9-3-2-4-10-21)19-27(31)30(28-17-22-11-5-8-14-26(22)35-28)16-15-25(31)23-12-6-7-13-24(23)30/h2-14,17,25,27H,15-16,18-20H2,1H3. The van der Waals surface area contributed by atoms with Crippen molar-refractivity contribution in [2.75, 3.05) is 20.2 Å². The van der Waals surface area contributed by atoms with Gasteiger partial charge in [0.2, 0.25) is 0 Å². The highest BCUT2D eigenvalue weighted by Crippen LogP contribution is 2.70. The molecule has 2 bridgehead atoms. The maximum atomic E-state index is 13.9. The molecule has 3 aromatic carbocycles. The lowest BCUT2D eigenvalue weighted by molar-refractivity contribution is -0.161. The summed E-state index contributed by atoms with van der Waals surface area (Å²) in [6, 6.07) is 30.7. The van der Waals surface area contributed by atoms with Gasteiger partial charge in [0.15, 0.2) is 0 Å². The molecule has 0 radical (unpaired) electrons. The number of ether oxygens (including phenoxy) is 1. The molecular weight excluding hydrogens is 450 g/mol. The summed E-state index contributed by atoms with van der Waals surface area (Å²) in [7, 11) is 1.58. The van der Waals surface area contributed by atoms with E-state index in [4.69, 9.17) is 4.74 Å². The van der Waals surface area contributed by atoms with Crippen LogP contribution < -0.4 is 0 Å². The van der Waals surface area contributed by atoms with Crippen molar-refractivity contribution < 1.29 is 9.53 Å². The smallest absolute Gasteiger partial charge is 0.314 e. The molecule has 2 fully saturated rings. The maximum absolute atomic E-state index is 13.9. The third-order valence-electron chi connectivity index (χ3n) is 9.09. The van der Waals surface area contributed by atoms with Gasteiger partial charge in [-0.1, -0.05) is 72.8 Å². The van der Waals surface area contributed by atoms with Gasteiger partial charge in [0.25, 0.3) is 0 Å². The van der Waals surface area contributed by atoms with E-state index in [0.29, 0.717) is 0 Å². The number of carbonyl (C=O) groups excluding carboxylic acids is 1. The molecule has 0 N–H and O–H groups in total. The first-order chi connectivity index (χ1) is 17.2. The topological polar surface area (TPSA) is 29.5 Å². The number of fused-ring (bicyclic) bond motifs is 2. The lowest BCUT2D eigenvalue weighted by Crippen LogP contribution is -2.60. The average molecular weight is 480 g/mol. The summed E-state index contributed by atoms with van der Waals surface area (Å²) < 4.78 is 6.96. The van der Waals surface area contributed by atoms with Crippen LogP contribution in [0.15, 0.2) is 84.9 Å². The molecule has 176 valence electrons. The summed E-state index contributed by atoms with van der Waals surface area (Å²) in [6.07, 6.45) is 2.11. The highest BCUT2D eigenvalue weighted by atomic mass is 32.1. The summed E-state index contributed by atoms with van der Waals surface area (Å²) in [5.74, 6) is 0.365. The minimum Gasteiger partial charge on any atom is -0.469 e. The van der Waals surface area contributed by atoms with E-state index >= 15 is 0 Å². The number of hydrogen-bond donors (Lipinski definition) is 0. The van der Waals surface area contributed by atoms with Crippen molar-refractivity contribution in [3.63, 3.8) is 0 Å². The molecule has 1 saturated carbocycles. The largest absolute Gasteiger partial charge is 0.469 e. The minimum absolute atomic E-state index is 0.0252. The number of hydrogen-bond acceptors (Lipinski definition) is 4. The summed E-state index contributed by atoms with van der Waals surface area (Å²) in [4.78, 5) is 17.8. The summed E-state index contributed by atoms with van der Waals surface area (Å²) in [6.45, 7) is 2.52. The first-order valence-electron chi connectivity index (χ1n) is 12.6. The van der Waals surface area contributed by atoms with Gasteiger partial charge in [0.1, 0.15) is 0 Å². The molecule has 4 aromatic rings. The maximum Gasteiger partial charge on any atom is 0.314 e. The average Bonchev–Trinajstić information content (AvgIpc) is 3.52. The lowest BCUT2D eigenvalue weighted by atomic mass is 9.43. The Morgan fingerprint density at radius 2 is 1.80 bits per heavy atom. The summed E-state index contributed by atoms with van der Waals surface area (Å²) in [5, 5.41) is 1.30. The fourth-order valence-electron chi connectivity index (χ4n) is 7.81. The van der Waals surface area contributed by atoms with Crippen molar-refractivity contribution in [2.45, 2.75) is 30.7 Å². The summed E-state index contributed by atoms with van der Waals surface area (Å²) in [5.41, 5.74) is 3.40. The van der Waals surface area contributed by atoms with Crippen molar-refractivity contribution in [1.82, 2.24) is 4.90 Å². The fourth-order valence-corrected chi connectivity index (χ4v) is 9.16. The van der Waals surface area contributed by atoms with Gasteiger partial charge in [-0.2, -0.15) is 0 Å². The SMILES string of the molecule is COC(=O)C12CN(Cc3ccccc3)CC1C1(c3cc4ccccc4s3)CCC2c2ccccc21. The monoisotopic (exact) mass is 479 g/mol. The van der Waals surface area contributed by atoms with E-state index in [-0.39, 0.29) is 23.2 Å². The molecule has 35 heavy (non-hydrogen) atoms. The number of rotatable bonds is 4. The molecule has 0 spiro atoms. The quantitative estimate of drug-likeness (QED) is 0.319. The van der Waals surface area contributed by atoms with Crippen molar-refractivity contribution in [2.24, 2.45) is 11.3 Å². The predicted octanol–water partition coefficient (Wildman–Crippen LogP) is 6.37. The van der Waals surface area contributed by atoms with Crippen LogP contribution in [0, 0.1) is 11.3 Å². The fraction of sp³-hybridized carbons (Fsp3) is 0.323. The van der Waals surface area contributed by atoms with Gasteiger partial charge < -0.3 is 4.74 Å². The number of carbonyl (C=O) groups is 1. The van der Waals surface area contributed by atoms with E-state index in [1.807, 2.05) is 11.3 Å². The zero-order valence-corrected chi connectivity index (χ0v) is 20.8. The second kappa shape index (κ2) is 7.78. The first kappa shape index (κ1) is 21.3. The number of nitrogens with zero attached hydrogens (tertiary/aromatic N) is 1. The number of benzene rings is 3. The van der Waals surface area contributed by atoms with Gasteiger partial charge in [0, 0.05) is 46.5 Å². The second-order valence-electron chi connectivity index (χ2n) is 10.5. The zero-order valence-electron chi connectivity index (χ0n) is 19.9. The van der Waals surface area contributed by atoms with E-state index in [9.17, 15) is 4.79 Å². The number of likely N-dealkylation sites (tertiary alicyclic amines) is 1. The first-order valence-corrected chi connectivity index (χ1v) is 13.4. The molecule has 3 aliphatic carbocycles. The number of thiophene rings is 1. The lowest BCUT2D eigenvalue weighted by Gasteiger charge is -2.59. The number of esters is 1. The Bertz CT molecular complexity index is 1400. The van der Waals surface area contributed by atoms with Crippen LogP contribution in [0.3, 0.4) is 0 Å². The van der Waals surface area contributed by atoms with Crippen LogP contribution in [-0.4, -0.2) is 31.1 Å². The van der Waals surface area contributed by atoms with E-state index in [2.05, 4.69) is 89.8 Å². The molecule has 1 saturated heterocycles. The minimum atomic E-state index is -0.522. The van der Waals surface area contributed by atoms with Crippen LogP contribution in [0.2, 0.25) is 0 Å². The predicted molar refractivity (Wildman–Crippen MR) is 141 cm³/mol. The molecule has 4 aliphatic rings. The molecule has 2 heterocycles. The molecule has 8 rings (SSSR count). The Morgan fingerprint density at radius 1 is 1.03 bits per heavy atom. The van der Waals surface area contributed by atoms with Gasteiger partial charge >= 0.3 is 5.97 Å². The van der Waals surface area contributed by atoms with Crippen molar-refractivity contribution in [3.8, 4) is 0 Å². The Morgan fingerprint density at radius 3 is 2.63 bits per heavy atom. The summed E-state index contributed by atoms with van der Waals surface area (Å²) >= 11 is 1.92. The zero-order chi connectivity index (χ0) is 23.6. The van der Waals surface area contributed by atoms with Gasteiger partial charge in [0.05, 0.1) is 12.5 Å². The molecule has 4 atom stereocenters. The van der Waals surface area contributed by atoms with Crippen LogP contribution in [0.5, 0.6) is 0 Å². The molecule has 0 amide bonds. The van der Waals surface area contributed by atoms with Gasteiger partial charge in [-0.25, -0.2) is 0 Å². The highest BCUT2D eigenvalue weighted by Gasteiger charge is 2.70. The van der Waals surface area contributed by atoms with Crippen LogP contribution in [0.4, 0.5) is 0 Å². The normalized spacial score (nSPS) is 29.2. The number of methoxy groups -OCH3 is 1. The van der Waals surface area contributed by atoms with E-state index in [1.54, 1.807) is 7.11 Å². The van der Waals surface area contributed by atoms with E-state index in [0.717, 1.165) is 32.5 Å². The Balaban J connectivity index is 1.44. The van der Waals surface area contributed by atoms with E-state index in [1.165, 1.54) is 31.7 Å². The van der Waals surface area contributed by atoms with Gasteiger partial charge in [-0.3, -0.25) is 9.69 Å². The Kier molecular flexibility index (Phi) is 4.74. The van der Waals surface area contributed by atoms with E-state index < -0.39 is 5.41 Å². The molecule has 4 heteroatoms. The molecule has 1 aromatic heterocycles.